The molecule has 1 saturated heterocycles. The molecule has 24 nitrogen and oxygen atoms in total. The fourth-order valence-corrected chi connectivity index (χ4v) is 12.5. The minimum atomic E-state index is -2.53. The van der Waals surface area contributed by atoms with E-state index in [-0.39, 0.29) is 53.8 Å². The third-order valence-corrected chi connectivity index (χ3v) is 17.0. The smallest absolute Gasteiger partial charge is 0.350 e. The number of nitrogens with zero attached hydrogens (tertiary/aromatic N) is 3. The molecular weight excluding hydrogens is 1120 g/mol. The quantitative estimate of drug-likeness (QED) is 0.0267. The Bertz CT molecular complexity index is 3190. The number of aliphatic hydroxyl groups excluding tert-OH is 1. The zero-order valence-corrected chi connectivity index (χ0v) is 48.8. The van der Waals surface area contributed by atoms with Gasteiger partial charge in [0.15, 0.2) is 17.5 Å². The van der Waals surface area contributed by atoms with Crippen molar-refractivity contribution in [1.29, 1.82) is 0 Å². The number of unbranched alkanes of at least 4 members (excludes halogenated alkanes) is 2. The SMILES string of the molecule is CC(=O)O[C@H]1C(=O)[C@@]2(C)[C@H]([C@H](OC(=O)c3ccccc3)[C@]3(O)C[C@H](OC(=O)[C@H](OC(=O)COCC(=O)NCCCc4cn(CCCCCC(=O)O)nn4)[C@@H](NC(=O)c4ccccc4)c4ccccc4)C(C)=C1C3(C)C)[C@]1(OC(C)=O)CO[C@@H]1C[C@@H]2O. The van der Waals surface area contributed by atoms with Gasteiger partial charge in [-0.15, -0.1) is 5.10 Å². The summed E-state index contributed by atoms with van der Waals surface area (Å²) in [5.41, 5.74) is -7.22. The van der Waals surface area contributed by atoms with E-state index >= 15 is 9.59 Å². The van der Waals surface area contributed by atoms with Crippen LogP contribution >= 0.6 is 0 Å². The average molecular weight is 1190 g/mol. The summed E-state index contributed by atoms with van der Waals surface area (Å²) in [6.45, 7) is 6.99. The number of hydrogen-bond acceptors (Lipinski definition) is 20. The van der Waals surface area contributed by atoms with Crippen LogP contribution < -0.4 is 10.6 Å². The van der Waals surface area contributed by atoms with Crippen LogP contribution in [0.25, 0.3) is 0 Å². The van der Waals surface area contributed by atoms with Crippen molar-refractivity contribution in [3.63, 3.8) is 0 Å². The number of carboxylic acid groups (broad SMARTS) is 1. The first-order valence-electron chi connectivity index (χ1n) is 28.6. The average Bonchev–Trinajstić information content (AvgIpc) is 1.47. The van der Waals surface area contributed by atoms with Crippen LogP contribution in [0.4, 0.5) is 0 Å². The Labute approximate surface area is 496 Å². The second-order valence-corrected chi connectivity index (χ2v) is 22.9. The highest BCUT2D eigenvalue weighted by Gasteiger charge is 2.78. The van der Waals surface area contributed by atoms with Crippen molar-refractivity contribution in [3.8, 4) is 0 Å². The number of rotatable bonds is 25. The molecule has 2 amide bonds. The van der Waals surface area contributed by atoms with Crippen LogP contribution in [0.1, 0.15) is 125 Å². The van der Waals surface area contributed by atoms with Gasteiger partial charge in [0.1, 0.15) is 43.2 Å². The van der Waals surface area contributed by atoms with Crippen molar-refractivity contribution in [2.75, 3.05) is 26.4 Å². The molecule has 1 aliphatic heterocycles. The number of aromatic nitrogens is 3. The summed E-state index contributed by atoms with van der Waals surface area (Å²) in [6, 6.07) is 22.2. The van der Waals surface area contributed by atoms with E-state index in [1.807, 2.05) is 0 Å². The van der Waals surface area contributed by atoms with E-state index in [0.29, 0.717) is 31.5 Å². The summed E-state index contributed by atoms with van der Waals surface area (Å²) < 4.78 is 44.0. The van der Waals surface area contributed by atoms with Gasteiger partial charge in [0.2, 0.25) is 12.0 Å². The number of ether oxygens (including phenoxy) is 7. The number of nitrogens with one attached hydrogen (secondary N) is 2. The van der Waals surface area contributed by atoms with E-state index in [2.05, 4.69) is 20.9 Å². The van der Waals surface area contributed by atoms with Gasteiger partial charge < -0.3 is 59.1 Å². The van der Waals surface area contributed by atoms with Crippen LogP contribution in [0.5, 0.6) is 0 Å². The molecule has 3 aromatic carbocycles. The largest absolute Gasteiger partial charge is 0.481 e. The molecule has 0 unspecified atom stereocenters. The van der Waals surface area contributed by atoms with Crippen LogP contribution in [0.2, 0.25) is 0 Å². The molecule has 86 heavy (non-hydrogen) atoms. The number of esters is 5. The molecule has 0 spiro atoms. The third kappa shape index (κ3) is 13.6. The molecule has 5 N–H and O–H groups in total. The van der Waals surface area contributed by atoms with E-state index in [4.69, 9.17) is 38.3 Å². The van der Waals surface area contributed by atoms with E-state index in [1.165, 1.54) is 52.0 Å². The van der Waals surface area contributed by atoms with Gasteiger partial charge in [-0.05, 0) is 80.5 Å². The molecule has 24 heteroatoms. The monoisotopic (exact) mass is 1190 g/mol. The number of amides is 2. The number of carboxylic acids is 1. The maximum atomic E-state index is 15.8. The van der Waals surface area contributed by atoms with Gasteiger partial charge in [-0.3, -0.25) is 33.4 Å². The molecule has 11 atom stereocenters. The Morgan fingerprint density at radius 3 is 2.12 bits per heavy atom. The van der Waals surface area contributed by atoms with Crippen molar-refractivity contribution in [2.24, 2.45) is 16.7 Å². The maximum Gasteiger partial charge on any atom is 0.350 e. The van der Waals surface area contributed by atoms with Crippen molar-refractivity contribution in [1.82, 2.24) is 25.6 Å². The fourth-order valence-electron chi connectivity index (χ4n) is 12.5. The first-order valence-corrected chi connectivity index (χ1v) is 28.6. The molecule has 4 aromatic rings. The molecule has 3 aliphatic carbocycles. The van der Waals surface area contributed by atoms with Gasteiger partial charge in [0.05, 0.1) is 35.3 Å². The lowest BCUT2D eigenvalue weighted by Gasteiger charge is -2.67. The predicted molar refractivity (Wildman–Crippen MR) is 300 cm³/mol. The number of aliphatic hydroxyl groups is 2. The summed E-state index contributed by atoms with van der Waals surface area (Å²) in [6.07, 6.45) is -6.41. The molecule has 8 rings (SSSR count). The van der Waals surface area contributed by atoms with Crippen molar-refractivity contribution in [3.05, 3.63) is 131 Å². The zero-order valence-electron chi connectivity index (χ0n) is 48.8. The number of aryl methyl sites for hydroxylation is 2. The van der Waals surface area contributed by atoms with E-state index in [0.717, 1.165) is 26.7 Å². The number of Topliss-reactive ketones (excluding diaryl/α,β-unsaturated/α-hetero) is 1. The number of hydrogen-bond donors (Lipinski definition) is 5. The molecule has 3 fully saturated rings. The molecule has 2 bridgehead atoms. The van der Waals surface area contributed by atoms with Gasteiger partial charge in [-0.25, -0.2) is 14.4 Å². The second-order valence-electron chi connectivity index (χ2n) is 22.9. The van der Waals surface area contributed by atoms with E-state index < -0.39 is 144 Å². The van der Waals surface area contributed by atoms with Gasteiger partial charge >= 0.3 is 35.8 Å². The lowest BCUT2D eigenvalue weighted by molar-refractivity contribution is -0.346. The molecular formula is C62H73N5O19. The summed E-state index contributed by atoms with van der Waals surface area (Å²) in [5.74, 6) is -9.98. The summed E-state index contributed by atoms with van der Waals surface area (Å²) in [7, 11) is 0. The number of aliphatic carboxylic acids is 1. The van der Waals surface area contributed by atoms with Crippen molar-refractivity contribution in [2.45, 2.75) is 153 Å². The van der Waals surface area contributed by atoms with E-state index in [9.17, 15) is 43.8 Å². The number of fused-ring (bicyclic) bond motifs is 5. The Kier molecular flexibility index (Phi) is 20.1. The summed E-state index contributed by atoms with van der Waals surface area (Å²) >= 11 is 0. The number of ketones is 1. The Morgan fingerprint density at radius 1 is 0.826 bits per heavy atom. The standard InChI is InChI=1S/C62H73N5O19/c1-36-43(31-62(79)55(85-57(77)41-24-15-9-16-25-41)53-60(6,44(70)30-45-61(53,35-81-45)86-38(3)69)54(75)51(82-37(2)68)49(36)59(62,4)5)83-58(78)52(50(39-20-11-7-12-21-39)64-56(76)40-22-13-8-14-23-40)84-48(74)34-80-33-46(71)63-28-19-26-42-32-67(66-65-42)29-18-10-17-27-47(72)73/h7-9,11-16,20-25,32,43-45,50-53,55,70,79H,10,17-19,26-31,33-35H2,1-6H3,(H,63,71)(H,64,76)(H,72,73)/t43-,44-,45+,50-,51+,52+,53-,55-,60+,61-,62+/m0/s1. The molecule has 0 radical (unpaired) electrons. The lowest BCUT2D eigenvalue weighted by atomic mass is 9.44. The maximum absolute atomic E-state index is 15.8. The van der Waals surface area contributed by atoms with Crippen LogP contribution in [0, 0.1) is 16.7 Å². The normalized spacial score (nSPS) is 26.1. The zero-order chi connectivity index (χ0) is 62.1. The Balaban J connectivity index is 1.10. The molecule has 1 aromatic heterocycles. The van der Waals surface area contributed by atoms with Crippen LogP contribution in [0.15, 0.2) is 108 Å². The Hall–Kier alpha value is -8.19. The summed E-state index contributed by atoms with van der Waals surface area (Å²) in [4.78, 5) is 124. The lowest BCUT2D eigenvalue weighted by Crippen LogP contribution is -2.82. The van der Waals surface area contributed by atoms with Gasteiger partial charge in [0.25, 0.3) is 5.91 Å². The highest BCUT2D eigenvalue weighted by molar-refractivity contribution is 5.96. The number of carbonyl (C=O) groups excluding carboxylic acids is 8. The van der Waals surface area contributed by atoms with Gasteiger partial charge in [0, 0.05) is 63.4 Å². The molecule has 4 aliphatic rings. The van der Waals surface area contributed by atoms with E-state index in [1.54, 1.807) is 77.6 Å². The minimum Gasteiger partial charge on any atom is -0.481 e. The van der Waals surface area contributed by atoms with Crippen LogP contribution in [-0.4, -0.2) is 158 Å². The third-order valence-electron chi connectivity index (χ3n) is 17.0. The number of benzene rings is 3. The molecule has 2 heterocycles. The number of carbonyl (C=O) groups is 9. The first kappa shape index (κ1) is 63.8. The fraction of sp³-hybridized carbons (Fsp3) is 0.500. The first-order chi connectivity index (χ1) is 40.9. The van der Waals surface area contributed by atoms with Crippen molar-refractivity contribution >= 4 is 53.4 Å². The summed E-state index contributed by atoms with van der Waals surface area (Å²) in [5, 5.41) is 48.9. The minimum absolute atomic E-state index is 0.0144. The van der Waals surface area contributed by atoms with Crippen LogP contribution in [-0.2, 0) is 79.7 Å². The topological polar surface area (TPSA) is 334 Å². The Morgan fingerprint density at radius 2 is 1.49 bits per heavy atom. The predicted octanol–water partition coefficient (Wildman–Crippen LogP) is 4.29. The highest BCUT2D eigenvalue weighted by Crippen LogP contribution is 2.64. The van der Waals surface area contributed by atoms with Gasteiger partial charge in [-0.2, -0.15) is 0 Å². The van der Waals surface area contributed by atoms with Gasteiger partial charge in [-0.1, -0.05) is 92.2 Å². The second kappa shape index (κ2) is 27.0. The molecule has 460 valence electrons. The van der Waals surface area contributed by atoms with Crippen LogP contribution in [0.3, 0.4) is 0 Å². The highest BCUT2D eigenvalue weighted by atomic mass is 16.6. The van der Waals surface area contributed by atoms with Crippen molar-refractivity contribution < 1.29 is 91.6 Å². The molecule has 2 saturated carbocycles.